The van der Waals surface area contributed by atoms with E-state index in [2.05, 4.69) is 36.7 Å². The van der Waals surface area contributed by atoms with Crippen molar-refractivity contribution in [3.8, 4) is 23.7 Å². The van der Waals surface area contributed by atoms with Crippen LogP contribution in [-0.4, -0.2) is 47.2 Å². The molecule has 230 valence electrons. The molecule has 0 spiro atoms. The van der Waals surface area contributed by atoms with E-state index in [1.54, 1.807) is 0 Å². The van der Waals surface area contributed by atoms with Crippen LogP contribution in [0, 0.1) is 29.6 Å². The van der Waals surface area contributed by atoms with Crippen LogP contribution in [0.15, 0.2) is 23.8 Å². The normalized spacial score (nSPS) is 21.6. The highest BCUT2D eigenvalue weighted by Gasteiger charge is 2.30. The van der Waals surface area contributed by atoms with Crippen molar-refractivity contribution in [2.75, 3.05) is 6.61 Å². The van der Waals surface area contributed by atoms with Crippen LogP contribution in [0.25, 0.3) is 0 Å². The molecule has 2 N–H and O–H groups in total. The minimum atomic E-state index is -0.588. The monoisotopic (exact) mass is 568 g/mol. The van der Waals surface area contributed by atoms with Crippen molar-refractivity contribution < 1.29 is 24.5 Å². The Morgan fingerprint density at radius 2 is 1.73 bits per heavy atom. The molecule has 0 bridgehead atoms. The number of cyclic esters (lactones) is 1. The number of hydrogen-bond acceptors (Lipinski definition) is 5. The molecule has 1 heterocycles. The SMILES string of the molecule is CCCCCCCC#CC[C@H](O)C[C@H]1CCC[C@H]1OC[C@H](O)CC#C/C=C/CCCCCCCC1=C[C@H](C)OC1=O. The summed E-state index contributed by atoms with van der Waals surface area (Å²) in [6, 6.07) is 0. The van der Waals surface area contributed by atoms with Gasteiger partial charge in [0.1, 0.15) is 6.10 Å². The van der Waals surface area contributed by atoms with E-state index in [1.165, 1.54) is 38.5 Å². The molecule has 2 aliphatic rings. The van der Waals surface area contributed by atoms with Crippen molar-refractivity contribution in [1.29, 1.82) is 0 Å². The summed E-state index contributed by atoms with van der Waals surface area (Å²) in [7, 11) is 0. The molecule has 0 radical (unpaired) electrons. The summed E-state index contributed by atoms with van der Waals surface area (Å²) >= 11 is 0. The lowest BCUT2D eigenvalue weighted by molar-refractivity contribution is -0.139. The van der Waals surface area contributed by atoms with Crippen LogP contribution in [0.5, 0.6) is 0 Å². The molecule has 5 heteroatoms. The van der Waals surface area contributed by atoms with Gasteiger partial charge in [-0.1, -0.05) is 76.2 Å². The van der Waals surface area contributed by atoms with Gasteiger partial charge in [0, 0.05) is 24.8 Å². The smallest absolute Gasteiger partial charge is 0.334 e. The Balaban J connectivity index is 1.47. The lowest BCUT2D eigenvalue weighted by Gasteiger charge is -2.23. The van der Waals surface area contributed by atoms with E-state index in [1.807, 2.05) is 19.1 Å². The van der Waals surface area contributed by atoms with Gasteiger partial charge < -0.3 is 19.7 Å². The van der Waals surface area contributed by atoms with Crippen molar-refractivity contribution in [3.63, 3.8) is 0 Å². The molecule has 2 rings (SSSR count). The van der Waals surface area contributed by atoms with E-state index in [0.717, 1.165) is 76.2 Å². The molecule has 5 atom stereocenters. The van der Waals surface area contributed by atoms with Gasteiger partial charge in [-0.2, -0.15) is 0 Å². The quantitative estimate of drug-likeness (QED) is 0.0899. The van der Waals surface area contributed by atoms with Crippen molar-refractivity contribution in [2.24, 2.45) is 5.92 Å². The number of ether oxygens (including phenoxy) is 2. The van der Waals surface area contributed by atoms with Gasteiger partial charge in [0.2, 0.25) is 0 Å². The highest BCUT2D eigenvalue weighted by Crippen LogP contribution is 2.32. The van der Waals surface area contributed by atoms with Gasteiger partial charge in [0.25, 0.3) is 0 Å². The highest BCUT2D eigenvalue weighted by molar-refractivity contribution is 5.90. The van der Waals surface area contributed by atoms with Crippen LogP contribution >= 0.6 is 0 Å². The third-order valence-corrected chi connectivity index (χ3v) is 7.98. The molecular weight excluding hydrogens is 512 g/mol. The number of esters is 1. The van der Waals surface area contributed by atoms with Crippen molar-refractivity contribution in [1.82, 2.24) is 0 Å². The van der Waals surface area contributed by atoms with Crippen LogP contribution in [0.4, 0.5) is 0 Å². The maximum Gasteiger partial charge on any atom is 0.334 e. The molecule has 1 saturated carbocycles. The Labute approximate surface area is 250 Å². The Morgan fingerprint density at radius 1 is 0.976 bits per heavy atom. The van der Waals surface area contributed by atoms with E-state index < -0.39 is 12.2 Å². The first-order valence-corrected chi connectivity index (χ1v) is 16.5. The predicted molar refractivity (Wildman–Crippen MR) is 167 cm³/mol. The Hall–Kier alpha value is -2.05. The molecule has 41 heavy (non-hydrogen) atoms. The summed E-state index contributed by atoms with van der Waals surface area (Å²) in [5.74, 6) is 12.7. The summed E-state index contributed by atoms with van der Waals surface area (Å²) in [5.41, 5.74) is 0.841. The Kier molecular flexibility index (Phi) is 19.3. The summed E-state index contributed by atoms with van der Waals surface area (Å²) in [6.07, 6.45) is 24.6. The predicted octanol–water partition coefficient (Wildman–Crippen LogP) is 7.59. The minimum absolute atomic E-state index is 0.0650. The second-order valence-electron chi connectivity index (χ2n) is 11.9. The topological polar surface area (TPSA) is 76.0 Å². The van der Waals surface area contributed by atoms with Gasteiger partial charge in [-0.15, -0.1) is 11.8 Å². The summed E-state index contributed by atoms with van der Waals surface area (Å²) in [4.78, 5) is 11.6. The van der Waals surface area contributed by atoms with E-state index >= 15 is 0 Å². The van der Waals surface area contributed by atoms with Crippen molar-refractivity contribution >= 4 is 5.97 Å². The molecule has 5 nitrogen and oxygen atoms in total. The molecule has 0 aromatic carbocycles. The zero-order valence-corrected chi connectivity index (χ0v) is 25.9. The average molecular weight is 569 g/mol. The molecular formula is C36H56O5. The number of allylic oxidation sites excluding steroid dienone is 2. The van der Waals surface area contributed by atoms with Gasteiger partial charge in [0.05, 0.1) is 24.9 Å². The van der Waals surface area contributed by atoms with Crippen molar-refractivity contribution in [2.45, 2.75) is 160 Å². The van der Waals surface area contributed by atoms with Gasteiger partial charge in [-0.25, -0.2) is 4.79 Å². The maximum atomic E-state index is 11.6. The minimum Gasteiger partial charge on any atom is -0.455 e. The second kappa shape index (κ2) is 22.5. The summed E-state index contributed by atoms with van der Waals surface area (Å²) < 4.78 is 11.2. The maximum absolute atomic E-state index is 11.6. The number of aliphatic hydroxyl groups is 2. The first kappa shape index (κ1) is 35.1. The van der Waals surface area contributed by atoms with Crippen LogP contribution in [0.3, 0.4) is 0 Å². The first-order chi connectivity index (χ1) is 20.0. The van der Waals surface area contributed by atoms with Gasteiger partial charge in [-0.3, -0.25) is 0 Å². The zero-order valence-electron chi connectivity index (χ0n) is 25.9. The van der Waals surface area contributed by atoms with E-state index in [4.69, 9.17) is 9.47 Å². The number of aliphatic hydroxyl groups excluding tert-OH is 2. The van der Waals surface area contributed by atoms with Gasteiger partial charge in [-0.05, 0) is 76.4 Å². The molecule has 1 fully saturated rings. The Morgan fingerprint density at radius 3 is 2.54 bits per heavy atom. The van der Waals surface area contributed by atoms with Gasteiger partial charge >= 0.3 is 5.97 Å². The molecule has 0 saturated heterocycles. The fourth-order valence-electron chi connectivity index (χ4n) is 5.61. The standard InChI is InChI=1S/C36H56O5/c1-3-4-5-6-7-13-16-19-24-33(37)28-31-23-21-26-35(31)40-29-34(38)25-20-17-14-11-9-8-10-12-15-18-22-32-27-30(2)41-36(32)39/h11,14,27,30-31,33-35,37-38H,3-10,12-13,15,18,21-26,28-29H2,1-2H3/b14-11+/t30-,31+,33-,34+,35+/m0/s1. The zero-order chi connectivity index (χ0) is 29.5. The van der Waals surface area contributed by atoms with Crippen LogP contribution in [0.1, 0.15) is 136 Å². The Bertz CT molecular complexity index is 898. The van der Waals surface area contributed by atoms with E-state index in [-0.39, 0.29) is 18.2 Å². The van der Waals surface area contributed by atoms with E-state index in [9.17, 15) is 15.0 Å². The third kappa shape index (κ3) is 16.9. The number of hydrogen-bond donors (Lipinski definition) is 2. The summed E-state index contributed by atoms with van der Waals surface area (Å²) in [6.45, 7) is 4.42. The molecule has 0 unspecified atom stereocenters. The number of carbonyl (C=O) groups is 1. The number of rotatable bonds is 20. The summed E-state index contributed by atoms with van der Waals surface area (Å²) in [5, 5.41) is 20.8. The van der Waals surface area contributed by atoms with Gasteiger partial charge in [0.15, 0.2) is 0 Å². The molecule has 0 aromatic heterocycles. The van der Waals surface area contributed by atoms with Crippen molar-refractivity contribution in [3.05, 3.63) is 23.8 Å². The fraction of sp³-hybridized carbons (Fsp3) is 0.750. The lowest BCUT2D eigenvalue weighted by Crippen LogP contribution is -2.26. The molecule has 0 amide bonds. The number of unbranched alkanes of at least 4 members (excludes halogenated alkanes) is 10. The molecule has 1 aliphatic carbocycles. The molecule has 0 aromatic rings. The molecule has 1 aliphatic heterocycles. The average Bonchev–Trinajstić information content (AvgIpc) is 3.53. The van der Waals surface area contributed by atoms with Crippen LogP contribution in [-0.2, 0) is 14.3 Å². The second-order valence-corrected chi connectivity index (χ2v) is 11.9. The van der Waals surface area contributed by atoms with Crippen LogP contribution < -0.4 is 0 Å². The highest BCUT2D eigenvalue weighted by atomic mass is 16.5. The fourth-order valence-corrected chi connectivity index (χ4v) is 5.61. The van der Waals surface area contributed by atoms with Crippen LogP contribution in [0.2, 0.25) is 0 Å². The lowest BCUT2D eigenvalue weighted by atomic mass is 9.96. The van der Waals surface area contributed by atoms with E-state index in [0.29, 0.717) is 25.4 Å². The first-order valence-electron chi connectivity index (χ1n) is 16.5. The largest absolute Gasteiger partial charge is 0.455 e. The number of carbonyl (C=O) groups excluding carboxylic acids is 1. The third-order valence-electron chi connectivity index (χ3n) is 7.98.